The van der Waals surface area contributed by atoms with Crippen LogP contribution in [0.5, 0.6) is 0 Å². The van der Waals surface area contributed by atoms with Crippen LogP contribution in [-0.4, -0.2) is 0 Å². The minimum absolute atomic E-state index is 1.18. The quantitative estimate of drug-likeness (QED) is 0.330. The fourth-order valence-electron chi connectivity index (χ4n) is 2.37. The van der Waals surface area contributed by atoms with E-state index in [0.717, 1.165) is 0 Å². The largest absolute Gasteiger partial charge is 0.0972 e. The van der Waals surface area contributed by atoms with Crippen molar-refractivity contribution in [2.75, 3.05) is 0 Å². The smallest absolute Gasteiger partial charge is 0.0119 e. The highest BCUT2D eigenvalue weighted by molar-refractivity contribution is 8.06. The van der Waals surface area contributed by atoms with Gasteiger partial charge in [-0.1, -0.05) is 85.1 Å². The first kappa shape index (κ1) is 19.2. The fourth-order valence-corrected chi connectivity index (χ4v) is 4.21. The molecule has 24 heavy (non-hydrogen) atoms. The molecule has 2 aromatic carbocycles. The van der Waals surface area contributed by atoms with E-state index in [1.54, 1.807) is 0 Å². The molecule has 0 aliphatic rings. The zero-order valence-electron chi connectivity index (χ0n) is 15.0. The highest BCUT2D eigenvalue weighted by Crippen LogP contribution is 2.34. The number of thioether (sulfide) groups is 2. The van der Waals surface area contributed by atoms with E-state index in [1.807, 2.05) is 23.5 Å². The van der Waals surface area contributed by atoms with E-state index in [0.29, 0.717) is 0 Å². The first-order chi connectivity index (χ1) is 11.7. The molecular weight excluding hydrogens is 328 g/mol. The van der Waals surface area contributed by atoms with E-state index in [-0.39, 0.29) is 0 Å². The van der Waals surface area contributed by atoms with Gasteiger partial charge in [0.15, 0.2) is 0 Å². The van der Waals surface area contributed by atoms with E-state index in [2.05, 4.69) is 74.7 Å². The monoisotopic (exact) mass is 356 g/mol. The van der Waals surface area contributed by atoms with Crippen LogP contribution in [0.2, 0.25) is 0 Å². The summed E-state index contributed by atoms with van der Waals surface area (Å²) >= 11 is 3.76. The molecule has 2 rings (SSSR count). The van der Waals surface area contributed by atoms with Gasteiger partial charge in [0.2, 0.25) is 0 Å². The van der Waals surface area contributed by atoms with E-state index >= 15 is 0 Å². The van der Waals surface area contributed by atoms with Crippen molar-refractivity contribution in [3.05, 3.63) is 70.0 Å². The second-order valence-electron chi connectivity index (χ2n) is 6.24. The standard InChI is InChI=1S/C22H28S2/c1-4-5-6-7-8-22(24-21-15-11-19(3)12-16-21)17-23-20-13-9-18(2)10-14-20/h9-17H,4-8H2,1-3H3/b22-17+. The Bertz CT molecular complexity index is 624. The molecule has 2 heteroatoms. The SMILES string of the molecule is CCCCCC/C(=C\Sc1ccc(C)cc1)Sc1ccc(C)cc1. The Hall–Kier alpha value is -1.12. The van der Waals surface area contributed by atoms with Crippen LogP contribution in [0, 0.1) is 13.8 Å². The van der Waals surface area contributed by atoms with Crippen molar-refractivity contribution in [2.45, 2.75) is 62.7 Å². The third-order valence-electron chi connectivity index (χ3n) is 3.89. The Morgan fingerprint density at radius 2 is 1.38 bits per heavy atom. The van der Waals surface area contributed by atoms with E-state index in [1.165, 1.54) is 57.9 Å². The molecule has 128 valence electrons. The molecule has 0 heterocycles. The van der Waals surface area contributed by atoms with Crippen molar-refractivity contribution >= 4 is 23.5 Å². The van der Waals surface area contributed by atoms with Crippen LogP contribution in [0.4, 0.5) is 0 Å². The van der Waals surface area contributed by atoms with Gasteiger partial charge in [-0.05, 0) is 61.3 Å². The zero-order chi connectivity index (χ0) is 17.2. The molecule has 0 spiro atoms. The van der Waals surface area contributed by atoms with Crippen LogP contribution < -0.4 is 0 Å². The highest BCUT2D eigenvalue weighted by Gasteiger charge is 2.03. The summed E-state index contributed by atoms with van der Waals surface area (Å²) in [5.74, 6) is 0. The summed E-state index contributed by atoms with van der Waals surface area (Å²) in [4.78, 5) is 4.13. The van der Waals surface area contributed by atoms with E-state index in [9.17, 15) is 0 Å². The Labute approximate surface area is 156 Å². The molecule has 2 aromatic rings. The number of aryl methyl sites for hydroxylation is 2. The van der Waals surface area contributed by atoms with Crippen LogP contribution >= 0.6 is 23.5 Å². The van der Waals surface area contributed by atoms with Gasteiger partial charge >= 0.3 is 0 Å². The Morgan fingerprint density at radius 3 is 1.96 bits per heavy atom. The molecule has 0 radical (unpaired) electrons. The van der Waals surface area contributed by atoms with Crippen LogP contribution in [0.1, 0.15) is 50.2 Å². The predicted molar refractivity (Wildman–Crippen MR) is 111 cm³/mol. The average molecular weight is 357 g/mol. The van der Waals surface area contributed by atoms with E-state index < -0.39 is 0 Å². The maximum atomic E-state index is 2.35. The molecular formula is C22H28S2. The topological polar surface area (TPSA) is 0 Å². The minimum atomic E-state index is 1.18. The van der Waals surface area contributed by atoms with Gasteiger partial charge in [-0.25, -0.2) is 0 Å². The zero-order valence-corrected chi connectivity index (χ0v) is 16.7. The lowest BCUT2D eigenvalue weighted by molar-refractivity contribution is 0.672. The van der Waals surface area contributed by atoms with Gasteiger partial charge in [0.1, 0.15) is 0 Å². The minimum Gasteiger partial charge on any atom is -0.0972 e. The lowest BCUT2D eigenvalue weighted by Gasteiger charge is -2.08. The molecule has 0 saturated carbocycles. The maximum Gasteiger partial charge on any atom is 0.0119 e. The van der Waals surface area contributed by atoms with Crippen molar-refractivity contribution in [1.82, 2.24) is 0 Å². The molecule has 0 atom stereocenters. The van der Waals surface area contributed by atoms with Crippen molar-refractivity contribution < 1.29 is 0 Å². The Kier molecular flexibility index (Phi) is 8.55. The summed E-state index contributed by atoms with van der Waals surface area (Å²) in [5, 5.41) is 2.35. The summed E-state index contributed by atoms with van der Waals surface area (Å²) in [7, 11) is 0. The van der Waals surface area contributed by atoms with Crippen molar-refractivity contribution in [2.24, 2.45) is 0 Å². The molecule has 0 aliphatic carbocycles. The van der Waals surface area contributed by atoms with Gasteiger partial charge in [0.25, 0.3) is 0 Å². The number of hydrogen-bond donors (Lipinski definition) is 0. The molecule has 0 aliphatic heterocycles. The van der Waals surface area contributed by atoms with Gasteiger partial charge in [0, 0.05) is 9.79 Å². The molecule has 0 amide bonds. The third-order valence-corrected chi connectivity index (χ3v) is 6.08. The summed E-state index contributed by atoms with van der Waals surface area (Å²) in [6.07, 6.45) is 6.43. The lowest BCUT2D eigenvalue weighted by atomic mass is 10.1. The second kappa shape index (κ2) is 10.7. The number of benzene rings is 2. The van der Waals surface area contributed by atoms with Gasteiger partial charge in [-0.2, -0.15) is 0 Å². The van der Waals surface area contributed by atoms with Crippen LogP contribution in [0.25, 0.3) is 0 Å². The van der Waals surface area contributed by atoms with Crippen LogP contribution in [0.15, 0.2) is 68.6 Å². The predicted octanol–water partition coefficient (Wildman–Crippen LogP) is 8.00. The first-order valence-corrected chi connectivity index (χ1v) is 10.5. The normalized spacial score (nSPS) is 11.7. The molecule has 0 nitrogen and oxygen atoms in total. The lowest BCUT2D eigenvalue weighted by Crippen LogP contribution is -1.82. The van der Waals surface area contributed by atoms with Crippen molar-refractivity contribution in [3.8, 4) is 0 Å². The number of unbranched alkanes of at least 4 members (excludes halogenated alkanes) is 3. The molecule has 0 fully saturated rings. The third kappa shape index (κ3) is 7.19. The van der Waals surface area contributed by atoms with Crippen LogP contribution in [0.3, 0.4) is 0 Å². The van der Waals surface area contributed by atoms with Crippen LogP contribution in [-0.2, 0) is 0 Å². The maximum absolute atomic E-state index is 2.35. The Balaban J connectivity index is 2.01. The molecule has 0 bridgehead atoms. The first-order valence-electron chi connectivity index (χ1n) is 8.84. The van der Waals surface area contributed by atoms with E-state index in [4.69, 9.17) is 0 Å². The van der Waals surface area contributed by atoms with Gasteiger partial charge < -0.3 is 0 Å². The number of allylic oxidation sites excluding steroid dienone is 1. The van der Waals surface area contributed by atoms with Crippen molar-refractivity contribution in [3.63, 3.8) is 0 Å². The summed E-state index contributed by atoms with van der Waals surface area (Å²) in [6.45, 7) is 6.55. The summed E-state index contributed by atoms with van der Waals surface area (Å²) in [6, 6.07) is 17.7. The van der Waals surface area contributed by atoms with Crippen molar-refractivity contribution in [1.29, 1.82) is 0 Å². The van der Waals surface area contributed by atoms with Gasteiger partial charge in [-0.3, -0.25) is 0 Å². The molecule has 0 saturated heterocycles. The fraction of sp³-hybridized carbons (Fsp3) is 0.364. The van der Waals surface area contributed by atoms with Gasteiger partial charge in [-0.15, -0.1) is 0 Å². The van der Waals surface area contributed by atoms with Gasteiger partial charge in [0.05, 0.1) is 0 Å². The average Bonchev–Trinajstić information content (AvgIpc) is 2.59. The summed E-state index contributed by atoms with van der Waals surface area (Å²) in [5.41, 5.74) is 2.64. The number of rotatable bonds is 9. The second-order valence-corrected chi connectivity index (χ2v) is 8.38. The molecule has 0 N–H and O–H groups in total. The summed E-state index contributed by atoms with van der Waals surface area (Å²) < 4.78 is 0. The Morgan fingerprint density at radius 1 is 0.792 bits per heavy atom. The molecule has 0 unspecified atom stereocenters. The number of hydrogen-bond acceptors (Lipinski definition) is 2. The molecule has 0 aromatic heterocycles. The highest BCUT2D eigenvalue weighted by atomic mass is 32.2.